The van der Waals surface area contributed by atoms with E-state index in [4.69, 9.17) is 0 Å². The molecule has 2 N–H and O–H groups in total. The van der Waals surface area contributed by atoms with Gasteiger partial charge < -0.3 is 19.3 Å². The van der Waals surface area contributed by atoms with Gasteiger partial charge in [-0.2, -0.15) is 0 Å². The highest BCUT2D eigenvalue weighted by molar-refractivity contribution is 5.87. The van der Waals surface area contributed by atoms with E-state index >= 15 is 0 Å². The fraction of sp³-hybridized carbons (Fsp3) is 0.524. The van der Waals surface area contributed by atoms with E-state index in [1.54, 1.807) is 6.07 Å². The van der Waals surface area contributed by atoms with Crippen molar-refractivity contribution in [2.24, 2.45) is 18.9 Å². The summed E-state index contributed by atoms with van der Waals surface area (Å²) in [5.74, 6) is 1.21. The van der Waals surface area contributed by atoms with E-state index < -0.39 is 0 Å². The number of hydrogen-bond acceptors (Lipinski definition) is 2. The molecule has 4 nitrogen and oxygen atoms in total. The van der Waals surface area contributed by atoms with Gasteiger partial charge in [-0.1, -0.05) is 6.08 Å². The molecule has 1 aromatic carbocycles. The Bertz CT molecular complexity index is 912. The molecular formula is C21H27N2O2+. The van der Waals surface area contributed by atoms with Crippen LogP contribution in [0.2, 0.25) is 0 Å². The summed E-state index contributed by atoms with van der Waals surface area (Å²) in [5.41, 5.74) is 5.61. The number of aromatic nitrogens is 1. The van der Waals surface area contributed by atoms with Crippen LogP contribution in [0.15, 0.2) is 29.8 Å². The molecule has 4 aliphatic heterocycles. The van der Waals surface area contributed by atoms with Crippen LogP contribution in [-0.4, -0.2) is 45.5 Å². The largest absolute Gasteiger partial charge is 0.508 e. The molecule has 1 aromatic heterocycles. The highest BCUT2D eigenvalue weighted by atomic mass is 16.3. The lowest BCUT2D eigenvalue weighted by Crippen LogP contribution is -2.70. The number of fused-ring (bicyclic) bond motifs is 4. The topological polar surface area (TPSA) is 45.4 Å². The van der Waals surface area contributed by atoms with Gasteiger partial charge in [-0.25, -0.2) is 0 Å². The molecule has 3 fully saturated rings. The van der Waals surface area contributed by atoms with Gasteiger partial charge in [-0.05, 0) is 36.3 Å². The van der Waals surface area contributed by atoms with Crippen LogP contribution in [-0.2, 0) is 13.5 Å². The summed E-state index contributed by atoms with van der Waals surface area (Å²) in [6.07, 6.45) is 4.42. The number of allylic oxidation sites excluding steroid dienone is 1. The number of hydrogen-bond donors (Lipinski definition) is 2. The monoisotopic (exact) mass is 339 g/mol. The minimum atomic E-state index is 0.276. The Labute approximate surface area is 148 Å². The Morgan fingerprint density at radius 1 is 1.36 bits per heavy atom. The number of aliphatic hydroxyl groups is 1. The fourth-order valence-corrected chi connectivity index (χ4v) is 6.44. The maximum Gasteiger partial charge on any atom is 0.131 e. The zero-order chi connectivity index (χ0) is 17.5. The van der Waals surface area contributed by atoms with E-state index in [1.807, 2.05) is 12.1 Å². The third-order valence-corrected chi connectivity index (χ3v) is 7.61. The van der Waals surface area contributed by atoms with E-state index in [1.165, 1.54) is 27.7 Å². The van der Waals surface area contributed by atoms with Crippen LogP contribution in [0, 0.1) is 11.8 Å². The summed E-state index contributed by atoms with van der Waals surface area (Å²) >= 11 is 0. The quantitative estimate of drug-likeness (QED) is 0.620. The molecule has 132 valence electrons. The summed E-state index contributed by atoms with van der Waals surface area (Å²) in [7, 11) is 4.57. The van der Waals surface area contributed by atoms with Crippen molar-refractivity contribution in [2.75, 3.05) is 20.2 Å². The minimum absolute atomic E-state index is 0.276. The van der Waals surface area contributed by atoms with Crippen LogP contribution in [0.25, 0.3) is 10.9 Å². The fourth-order valence-electron chi connectivity index (χ4n) is 6.44. The lowest BCUT2D eigenvalue weighted by molar-refractivity contribution is -0.978. The maximum absolute atomic E-state index is 10.2. The van der Waals surface area contributed by atoms with Crippen LogP contribution in [0.3, 0.4) is 0 Å². The maximum atomic E-state index is 10.2. The van der Waals surface area contributed by atoms with Crippen molar-refractivity contribution in [1.29, 1.82) is 0 Å². The Hall–Kier alpha value is -1.78. The average molecular weight is 339 g/mol. The molecule has 5 heterocycles. The van der Waals surface area contributed by atoms with Crippen LogP contribution in [0.5, 0.6) is 5.75 Å². The molecular weight excluding hydrogens is 312 g/mol. The smallest absolute Gasteiger partial charge is 0.131 e. The van der Waals surface area contributed by atoms with E-state index in [9.17, 15) is 10.2 Å². The number of piperidine rings is 3. The second kappa shape index (κ2) is 4.89. The molecule has 4 heteroatoms. The minimum Gasteiger partial charge on any atom is -0.508 e. The molecule has 3 saturated heterocycles. The second-order valence-corrected chi connectivity index (χ2v) is 8.47. The van der Waals surface area contributed by atoms with Crippen LogP contribution in [0.4, 0.5) is 0 Å². The van der Waals surface area contributed by atoms with Gasteiger partial charge in [-0.3, -0.25) is 0 Å². The van der Waals surface area contributed by atoms with Crippen molar-refractivity contribution in [3.63, 3.8) is 0 Å². The third kappa shape index (κ3) is 1.74. The molecule has 6 rings (SSSR count). The average Bonchev–Trinajstić information content (AvgIpc) is 2.85. The number of aliphatic hydroxyl groups excluding tert-OH is 1. The molecule has 1 unspecified atom stereocenters. The van der Waals surface area contributed by atoms with Crippen molar-refractivity contribution in [3.8, 4) is 5.75 Å². The number of aryl methyl sites for hydroxylation is 1. The van der Waals surface area contributed by atoms with Crippen molar-refractivity contribution in [1.82, 2.24) is 4.57 Å². The van der Waals surface area contributed by atoms with Gasteiger partial charge in [0.15, 0.2) is 0 Å². The number of aromatic hydroxyl groups is 1. The van der Waals surface area contributed by atoms with Gasteiger partial charge in [0.25, 0.3) is 0 Å². The van der Waals surface area contributed by atoms with E-state index in [0.29, 0.717) is 29.7 Å². The summed E-state index contributed by atoms with van der Waals surface area (Å²) in [4.78, 5) is 0. The van der Waals surface area contributed by atoms with E-state index in [-0.39, 0.29) is 6.61 Å². The molecule has 4 aliphatic rings. The number of phenols is 1. The molecule has 2 aromatic rings. The molecule has 0 aliphatic carbocycles. The van der Waals surface area contributed by atoms with Gasteiger partial charge in [0.2, 0.25) is 0 Å². The molecule has 5 atom stereocenters. The molecule has 0 radical (unpaired) electrons. The molecule has 4 bridgehead atoms. The Balaban J connectivity index is 1.77. The number of phenolic OH excluding ortho intramolecular Hbond substituents is 1. The van der Waals surface area contributed by atoms with Crippen LogP contribution < -0.4 is 0 Å². The standard InChI is InChI=1S/C21H26N2O2/c1-4-12-10-23(3)19-9-16-15-7-13(25)5-6-18(15)22(2)21(16)20(23)8-14(12)17(19)11-24/h4-7,14,17,19-20,24H,8-11H2,1-3H3/p+1/b12-4-/t14-,17+,19-,20-,23?/m0/s1. The first kappa shape index (κ1) is 15.5. The van der Waals surface area contributed by atoms with Gasteiger partial charge in [-0.15, -0.1) is 0 Å². The van der Waals surface area contributed by atoms with Crippen molar-refractivity contribution in [2.45, 2.75) is 31.8 Å². The van der Waals surface area contributed by atoms with Gasteiger partial charge in [0.1, 0.15) is 18.3 Å². The lowest BCUT2D eigenvalue weighted by Gasteiger charge is -2.63. The van der Waals surface area contributed by atoms with Crippen LogP contribution >= 0.6 is 0 Å². The number of benzene rings is 1. The normalized spacial score (nSPS) is 37.7. The van der Waals surface area contributed by atoms with Gasteiger partial charge >= 0.3 is 0 Å². The first-order valence-electron chi connectivity index (χ1n) is 9.40. The zero-order valence-electron chi connectivity index (χ0n) is 15.2. The van der Waals surface area contributed by atoms with E-state index in [0.717, 1.165) is 23.9 Å². The first-order chi connectivity index (χ1) is 12.0. The molecule has 0 amide bonds. The van der Waals surface area contributed by atoms with E-state index in [2.05, 4.69) is 31.7 Å². The summed E-state index contributed by atoms with van der Waals surface area (Å²) in [5, 5.41) is 21.4. The van der Waals surface area contributed by atoms with Crippen molar-refractivity contribution >= 4 is 10.9 Å². The number of rotatable bonds is 1. The highest BCUT2D eigenvalue weighted by Gasteiger charge is 2.61. The number of nitrogens with zero attached hydrogens (tertiary/aromatic N) is 2. The summed E-state index contributed by atoms with van der Waals surface area (Å²) in [6, 6.07) is 6.72. The van der Waals surface area contributed by atoms with Crippen molar-refractivity contribution < 1.29 is 14.7 Å². The highest BCUT2D eigenvalue weighted by Crippen LogP contribution is 2.58. The predicted molar refractivity (Wildman–Crippen MR) is 98.3 cm³/mol. The first-order valence-corrected chi connectivity index (χ1v) is 9.40. The summed E-state index contributed by atoms with van der Waals surface area (Å²) < 4.78 is 3.39. The SMILES string of the molecule is C/C=C1/C[N+]2(C)[C@H]3C[C@@H]1[C@@H](CO)[C@@H]2Cc1c3n(C)c2ccc(O)cc12. The second-order valence-electron chi connectivity index (χ2n) is 8.47. The Kier molecular flexibility index (Phi) is 3.03. The van der Waals surface area contributed by atoms with Gasteiger partial charge in [0, 0.05) is 42.6 Å². The molecule has 25 heavy (non-hydrogen) atoms. The molecule has 0 spiro atoms. The van der Waals surface area contributed by atoms with Crippen LogP contribution in [0.1, 0.15) is 30.6 Å². The predicted octanol–water partition coefficient (Wildman–Crippen LogP) is 2.88. The Morgan fingerprint density at radius 2 is 2.16 bits per heavy atom. The molecule has 0 saturated carbocycles. The van der Waals surface area contributed by atoms with Gasteiger partial charge in [0.05, 0.1) is 25.4 Å². The number of quaternary nitrogens is 1. The lowest BCUT2D eigenvalue weighted by atomic mass is 9.62. The third-order valence-electron chi connectivity index (χ3n) is 7.61. The van der Waals surface area contributed by atoms with Crippen molar-refractivity contribution in [3.05, 3.63) is 41.1 Å². The Morgan fingerprint density at radius 3 is 2.88 bits per heavy atom. The zero-order valence-corrected chi connectivity index (χ0v) is 15.2. The summed E-state index contributed by atoms with van der Waals surface area (Å²) in [6.45, 7) is 3.54. The number of likely N-dealkylation sites (N-methyl/N-ethyl adjacent to an activating group) is 1.